The highest BCUT2D eigenvalue weighted by atomic mass is 31.2. The molecule has 3 N–H and O–H groups in total. The van der Waals surface area contributed by atoms with E-state index in [0.29, 0.717) is 25.7 Å². The molecule has 0 saturated heterocycles. The van der Waals surface area contributed by atoms with Gasteiger partial charge < -0.3 is 33.8 Å². The van der Waals surface area contributed by atoms with E-state index in [4.69, 9.17) is 37.0 Å². The van der Waals surface area contributed by atoms with Crippen LogP contribution < -0.4 is 0 Å². The third-order valence-corrected chi connectivity index (χ3v) is 21.2. The summed E-state index contributed by atoms with van der Waals surface area (Å²) in [7, 11) is -9.92. The molecule has 0 spiro atoms. The second-order valence-electron chi connectivity index (χ2n) is 29.9. The molecule has 0 amide bonds. The highest BCUT2D eigenvalue weighted by molar-refractivity contribution is 7.47. The summed E-state index contributed by atoms with van der Waals surface area (Å²) >= 11 is 0. The highest BCUT2D eigenvalue weighted by Gasteiger charge is 2.30. The van der Waals surface area contributed by atoms with E-state index < -0.39 is 97.5 Å². The molecule has 100 heavy (non-hydrogen) atoms. The minimum absolute atomic E-state index is 0.106. The number of carbonyl (C=O) groups excluding carboxylic acids is 4. The maximum atomic E-state index is 13.1. The first-order valence-corrected chi connectivity index (χ1v) is 45.0. The van der Waals surface area contributed by atoms with Gasteiger partial charge in [-0.1, -0.05) is 375 Å². The molecule has 0 bridgehead atoms. The van der Waals surface area contributed by atoms with Gasteiger partial charge >= 0.3 is 39.5 Å². The molecule has 0 aromatic heterocycles. The zero-order chi connectivity index (χ0) is 73.5. The number of esters is 4. The van der Waals surface area contributed by atoms with Crippen molar-refractivity contribution < 1.29 is 80.2 Å². The zero-order valence-corrected chi connectivity index (χ0v) is 67.3. The lowest BCUT2D eigenvalue weighted by Crippen LogP contribution is -2.30. The lowest BCUT2D eigenvalue weighted by Gasteiger charge is -2.21. The van der Waals surface area contributed by atoms with Gasteiger partial charge in [-0.25, -0.2) is 9.13 Å². The molecular formula is C81H158O17P2. The van der Waals surface area contributed by atoms with Crippen LogP contribution in [0.4, 0.5) is 0 Å². The number of aliphatic hydroxyl groups excluding tert-OH is 1. The normalized spacial score (nSPS) is 14.2. The summed E-state index contributed by atoms with van der Waals surface area (Å²) < 4.78 is 68.7. The molecule has 0 aromatic carbocycles. The van der Waals surface area contributed by atoms with Crippen molar-refractivity contribution in [3.8, 4) is 0 Å². The molecule has 0 aliphatic rings. The largest absolute Gasteiger partial charge is 0.472 e. The summed E-state index contributed by atoms with van der Waals surface area (Å²) in [5.41, 5.74) is 0. The van der Waals surface area contributed by atoms with Gasteiger partial charge in [-0.05, 0) is 37.5 Å². The standard InChI is InChI=1S/C81H158O17P2/c1-7-10-12-14-16-18-20-22-30-34-40-46-52-58-64-79(84)92-69-76(97-80(85)65-59-53-47-41-35-31-28-26-24-23-25-27-29-32-38-44-50-56-62-74(6)9-3)71-95-99(87,88)93-67-75(82)68-94-100(89,90)96-72-77(98-81(86)66-60-54-48-42-36-37-43-49-55-61-73(4)5)70-91-78(83)63-57-51-45-39-33-21-19-17-15-13-11-8-2/h73-77,82H,7-72H2,1-6H3,(H,87,88)(H,89,90)/t74?,75-,76-,77-/m1/s1. The van der Waals surface area contributed by atoms with Crippen molar-refractivity contribution in [2.45, 2.75) is 445 Å². The molecule has 6 atom stereocenters. The average Bonchev–Trinajstić information content (AvgIpc) is 0.927. The van der Waals surface area contributed by atoms with Crippen LogP contribution in [-0.4, -0.2) is 96.7 Å². The van der Waals surface area contributed by atoms with E-state index >= 15 is 0 Å². The minimum Gasteiger partial charge on any atom is -0.462 e. The summed E-state index contributed by atoms with van der Waals surface area (Å²) in [6, 6.07) is 0. The maximum absolute atomic E-state index is 13.1. The van der Waals surface area contributed by atoms with Crippen LogP contribution in [-0.2, 0) is 65.4 Å². The third kappa shape index (κ3) is 73.0. The van der Waals surface area contributed by atoms with E-state index in [1.807, 2.05) is 0 Å². The first-order valence-electron chi connectivity index (χ1n) is 42.0. The van der Waals surface area contributed by atoms with Crippen LogP contribution in [0.15, 0.2) is 0 Å². The molecule has 0 radical (unpaired) electrons. The van der Waals surface area contributed by atoms with Gasteiger partial charge in [0.25, 0.3) is 0 Å². The Labute approximate surface area is 613 Å². The van der Waals surface area contributed by atoms with Crippen LogP contribution in [0.5, 0.6) is 0 Å². The molecule has 0 heterocycles. The molecule has 594 valence electrons. The van der Waals surface area contributed by atoms with Crippen LogP contribution in [0.2, 0.25) is 0 Å². The Kier molecular flexibility index (Phi) is 71.2. The van der Waals surface area contributed by atoms with Gasteiger partial charge in [-0.2, -0.15) is 0 Å². The van der Waals surface area contributed by atoms with Gasteiger partial charge in [0.2, 0.25) is 0 Å². The predicted octanol–water partition coefficient (Wildman–Crippen LogP) is 24.3. The lowest BCUT2D eigenvalue weighted by atomic mass is 9.99. The number of unbranched alkanes of at least 4 members (excludes halogenated alkanes) is 49. The number of hydrogen-bond donors (Lipinski definition) is 3. The summed E-state index contributed by atoms with van der Waals surface area (Å²) in [6.07, 6.45) is 62.4. The Bertz CT molecular complexity index is 1930. The average molecular weight is 1470 g/mol. The highest BCUT2D eigenvalue weighted by Crippen LogP contribution is 2.45. The van der Waals surface area contributed by atoms with E-state index in [9.17, 15) is 43.2 Å². The van der Waals surface area contributed by atoms with E-state index in [2.05, 4.69) is 41.5 Å². The van der Waals surface area contributed by atoms with Crippen molar-refractivity contribution in [2.24, 2.45) is 11.8 Å². The Hall–Kier alpha value is -1.94. The number of ether oxygens (including phenoxy) is 4. The fourth-order valence-electron chi connectivity index (χ4n) is 12.5. The van der Waals surface area contributed by atoms with Gasteiger partial charge in [0.15, 0.2) is 12.2 Å². The van der Waals surface area contributed by atoms with Crippen LogP contribution in [0.3, 0.4) is 0 Å². The number of hydrogen-bond acceptors (Lipinski definition) is 15. The molecule has 19 heteroatoms. The molecule has 0 fully saturated rings. The van der Waals surface area contributed by atoms with Gasteiger partial charge in [0, 0.05) is 25.7 Å². The van der Waals surface area contributed by atoms with E-state index in [1.54, 1.807) is 0 Å². The second-order valence-corrected chi connectivity index (χ2v) is 32.8. The monoisotopic (exact) mass is 1470 g/mol. The predicted molar refractivity (Wildman–Crippen MR) is 409 cm³/mol. The number of carbonyl (C=O) groups is 4. The van der Waals surface area contributed by atoms with Gasteiger partial charge in [-0.3, -0.25) is 37.3 Å². The van der Waals surface area contributed by atoms with Crippen molar-refractivity contribution >= 4 is 39.5 Å². The summed E-state index contributed by atoms with van der Waals surface area (Å²) in [5, 5.41) is 10.6. The van der Waals surface area contributed by atoms with E-state index in [0.717, 1.165) is 102 Å². The van der Waals surface area contributed by atoms with Crippen LogP contribution in [0.25, 0.3) is 0 Å². The Morgan fingerprint density at radius 2 is 0.510 bits per heavy atom. The van der Waals surface area contributed by atoms with Crippen molar-refractivity contribution in [3.05, 3.63) is 0 Å². The third-order valence-electron chi connectivity index (χ3n) is 19.3. The van der Waals surface area contributed by atoms with Gasteiger partial charge in [0.1, 0.15) is 19.3 Å². The number of phosphoric acid groups is 2. The molecule has 0 saturated carbocycles. The molecule has 0 aliphatic carbocycles. The van der Waals surface area contributed by atoms with Crippen LogP contribution >= 0.6 is 15.6 Å². The van der Waals surface area contributed by atoms with Crippen molar-refractivity contribution in [1.82, 2.24) is 0 Å². The first-order chi connectivity index (χ1) is 48.4. The van der Waals surface area contributed by atoms with Gasteiger partial charge in [0.05, 0.1) is 26.4 Å². The Morgan fingerprint density at radius 1 is 0.290 bits per heavy atom. The smallest absolute Gasteiger partial charge is 0.462 e. The van der Waals surface area contributed by atoms with E-state index in [1.165, 1.54) is 244 Å². The van der Waals surface area contributed by atoms with E-state index in [-0.39, 0.29) is 25.7 Å². The zero-order valence-electron chi connectivity index (χ0n) is 65.5. The molecular weight excluding hydrogens is 1310 g/mol. The van der Waals surface area contributed by atoms with Crippen molar-refractivity contribution in [3.63, 3.8) is 0 Å². The summed E-state index contributed by atoms with van der Waals surface area (Å²) in [4.78, 5) is 73.0. The second kappa shape index (κ2) is 72.6. The molecule has 3 unspecified atom stereocenters. The van der Waals surface area contributed by atoms with Crippen molar-refractivity contribution in [2.75, 3.05) is 39.6 Å². The summed E-state index contributed by atoms with van der Waals surface area (Å²) in [6.45, 7) is 9.68. The Balaban J connectivity index is 5.21. The maximum Gasteiger partial charge on any atom is 0.472 e. The minimum atomic E-state index is -4.96. The topological polar surface area (TPSA) is 237 Å². The molecule has 0 aliphatic heterocycles. The van der Waals surface area contributed by atoms with Gasteiger partial charge in [-0.15, -0.1) is 0 Å². The molecule has 0 rings (SSSR count). The number of rotatable bonds is 80. The summed E-state index contributed by atoms with van der Waals surface area (Å²) in [5.74, 6) is -0.500. The van der Waals surface area contributed by atoms with Crippen LogP contribution in [0, 0.1) is 11.8 Å². The number of aliphatic hydroxyl groups is 1. The van der Waals surface area contributed by atoms with Crippen LogP contribution in [0.1, 0.15) is 427 Å². The Morgan fingerprint density at radius 3 is 0.760 bits per heavy atom. The molecule has 17 nitrogen and oxygen atoms in total. The quantitative estimate of drug-likeness (QED) is 0.0222. The molecule has 0 aromatic rings. The van der Waals surface area contributed by atoms with Crippen molar-refractivity contribution in [1.29, 1.82) is 0 Å². The lowest BCUT2D eigenvalue weighted by molar-refractivity contribution is -0.161. The fraction of sp³-hybridized carbons (Fsp3) is 0.951. The SMILES string of the molecule is CCCCCCCCCCCCCCCCC(=O)OC[C@H](COP(=O)(O)OC[C@@H](O)COP(=O)(O)OC[C@@H](COC(=O)CCCCCCCCCCCCCC)OC(=O)CCCCCCCCCCCC(C)C)OC(=O)CCCCCCCCCCCCCCCCCCCCC(C)CC. The fourth-order valence-corrected chi connectivity index (χ4v) is 14.1. The number of phosphoric ester groups is 2. The first kappa shape index (κ1) is 98.1.